The lowest BCUT2D eigenvalue weighted by Gasteiger charge is -2.30. The summed E-state index contributed by atoms with van der Waals surface area (Å²) in [7, 11) is 0. The number of carbonyl (C=O) groups is 1. The van der Waals surface area contributed by atoms with Crippen molar-refractivity contribution in [1.82, 2.24) is 10.4 Å². The Labute approximate surface area is 123 Å². The molecule has 1 heterocycles. The van der Waals surface area contributed by atoms with E-state index in [1.54, 1.807) is 0 Å². The number of alkyl halides is 3. The zero-order valence-electron chi connectivity index (χ0n) is 11.3. The van der Waals surface area contributed by atoms with Crippen LogP contribution in [0, 0.1) is 5.82 Å². The minimum absolute atomic E-state index is 0.00566. The Morgan fingerprint density at radius 3 is 2.41 bits per heavy atom. The zero-order valence-corrected chi connectivity index (χ0v) is 11.3. The van der Waals surface area contributed by atoms with Gasteiger partial charge >= 0.3 is 6.18 Å². The summed E-state index contributed by atoms with van der Waals surface area (Å²) < 4.78 is 54.4. The highest BCUT2D eigenvalue weighted by atomic mass is 19.4. The lowest BCUT2D eigenvalue weighted by molar-refractivity contribution is -0.190. The van der Waals surface area contributed by atoms with Gasteiger partial charge in [-0.2, -0.15) is 13.2 Å². The second-order valence-electron chi connectivity index (χ2n) is 5.10. The first-order chi connectivity index (χ1) is 10.4. The zero-order chi connectivity index (χ0) is 15.9. The molecule has 0 aromatic heterocycles. The van der Waals surface area contributed by atoms with Crippen LogP contribution in [-0.4, -0.2) is 23.6 Å². The number of carbonyl (C=O) groups excluding carboxylic acids is 1. The normalized spacial score (nSPS) is 17.7. The van der Waals surface area contributed by atoms with Gasteiger partial charge in [0, 0.05) is 18.4 Å². The Morgan fingerprint density at radius 1 is 1.09 bits per heavy atom. The van der Waals surface area contributed by atoms with Gasteiger partial charge in [-0.3, -0.25) is 10.2 Å². The number of halogens is 4. The van der Waals surface area contributed by atoms with Gasteiger partial charge in [-0.1, -0.05) is 30.3 Å². The van der Waals surface area contributed by atoms with Gasteiger partial charge in [-0.25, -0.2) is 9.40 Å². The summed E-state index contributed by atoms with van der Waals surface area (Å²) in [5.41, 5.74) is 2.14. The topological polar surface area (TPSA) is 32.3 Å². The van der Waals surface area contributed by atoms with Crippen LogP contribution in [0.5, 0.6) is 0 Å². The van der Waals surface area contributed by atoms with Crippen molar-refractivity contribution >= 4 is 16.7 Å². The van der Waals surface area contributed by atoms with Crippen molar-refractivity contribution in [3.63, 3.8) is 0 Å². The predicted octanol–water partition coefficient (Wildman–Crippen LogP) is 3.32. The highest BCUT2D eigenvalue weighted by Crippen LogP contribution is 2.40. The fraction of sp³-hybridized carbons (Fsp3) is 0.267. The maximum Gasteiger partial charge on any atom is 0.409 e. The molecule has 1 aliphatic heterocycles. The van der Waals surface area contributed by atoms with Crippen LogP contribution in [0.1, 0.15) is 18.0 Å². The summed E-state index contributed by atoms with van der Waals surface area (Å²) in [6.07, 6.45) is -4.59. The third-order valence-electron chi connectivity index (χ3n) is 3.67. The van der Waals surface area contributed by atoms with Crippen molar-refractivity contribution in [1.29, 1.82) is 0 Å². The molecule has 0 radical (unpaired) electrons. The van der Waals surface area contributed by atoms with Crippen LogP contribution in [-0.2, 0) is 4.79 Å². The number of hydrazine groups is 1. The van der Waals surface area contributed by atoms with Gasteiger partial charge in [0.1, 0.15) is 5.82 Å². The van der Waals surface area contributed by atoms with Crippen LogP contribution in [0.4, 0.5) is 17.6 Å². The van der Waals surface area contributed by atoms with Crippen LogP contribution in [0.25, 0.3) is 10.8 Å². The summed E-state index contributed by atoms with van der Waals surface area (Å²) in [6, 6.07) is 6.14. The van der Waals surface area contributed by atoms with Gasteiger partial charge in [-0.15, -0.1) is 0 Å². The summed E-state index contributed by atoms with van der Waals surface area (Å²) >= 11 is 0. The minimum Gasteiger partial charge on any atom is -0.288 e. The van der Waals surface area contributed by atoms with Crippen molar-refractivity contribution < 1.29 is 22.4 Å². The quantitative estimate of drug-likeness (QED) is 0.863. The van der Waals surface area contributed by atoms with E-state index in [1.807, 2.05) is 0 Å². The van der Waals surface area contributed by atoms with Crippen molar-refractivity contribution in [2.24, 2.45) is 0 Å². The number of nitrogens with zero attached hydrogens (tertiary/aromatic N) is 1. The summed E-state index contributed by atoms with van der Waals surface area (Å²) in [5, 5.41) is 1.17. The third-order valence-corrected chi connectivity index (χ3v) is 3.67. The number of benzene rings is 2. The van der Waals surface area contributed by atoms with Gasteiger partial charge in [-0.05, 0) is 17.0 Å². The van der Waals surface area contributed by atoms with Crippen molar-refractivity contribution in [3.8, 4) is 0 Å². The number of nitrogens with one attached hydrogen (secondary N) is 1. The van der Waals surface area contributed by atoms with Crippen molar-refractivity contribution in [2.45, 2.75) is 18.6 Å². The molecular weight excluding hydrogens is 300 g/mol. The Bertz CT molecular complexity index is 729. The lowest BCUT2D eigenvalue weighted by atomic mass is 9.97. The molecule has 116 valence electrons. The van der Waals surface area contributed by atoms with Gasteiger partial charge in [0.25, 0.3) is 0 Å². The first kappa shape index (κ1) is 14.8. The van der Waals surface area contributed by atoms with Crippen LogP contribution in [0.15, 0.2) is 36.4 Å². The smallest absolute Gasteiger partial charge is 0.288 e. The molecule has 1 N–H and O–H groups in total. The number of rotatable bonds is 2. The van der Waals surface area contributed by atoms with E-state index in [1.165, 1.54) is 36.4 Å². The molecule has 3 rings (SSSR count). The molecule has 7 heteroatoms. The monoisotopic (exact) mass is 312 g/mol. The van der Waals surface area contributed by atoms with Crippen LogP contribution in [0.2, 0.25) is 0 Å². The lowest BCUT2D eigenvalue weighted by Crippen LogP contribution is -2.43. The average molecular weight is 312 g/mol. The number of amides is 1. The second kappa shape index (κ2) is 5.24. The van der Waals surface area contributed by atoms with E-state index >= 15 is 0 Å². The molecule has 0 saturated carbocycles. The number of hydrogen-bond donors (Lipinski definition) is 1. The van der Waals surface area contributed by atoms with Crippen LogP contribution < -0.4 is 5.43 Å². The molecule has 1 saturated heterocycles. The Balaban J connectivity index is 2.17. The minimum atomic E-state index is -4.60. The maximum absolute atomic E-state index is 13.8. The van der Waals surface area contributed by atoms with Gasteiger partial charge < -0.3 is 0 Å². The standard InChI is InChI=1S/C15H12F4N2O/c16-12-6-2-3-9-10(12)4-1-5-11(9)14(15(17,18)19)21-8-7-13(22)20-21/h1-6,14H,7-8H2,(H,20,22). The summed E-state index contributed by atoms with van der Waals surface area (Å²) in [5.74, 6) is -1.04. The molecule has 1 amide bonds. The molecular formula is C15H12F4N2O. The highest BCUT2D eigenvalue weighted by Gasteiger charge is 2.47. The van der Waals surface area contributed by atoms with Gasteiger partial charge in [0.05, 0.1) is 0 Å². The first-order valence-electron chi connectivity index (χ1n) is 6.68. The van der Waals surface area contributed by atoms with Gasteiger partial charge in [0.15, 0.2) is 6.04 Å². The van der Waals surface area contributed by atoms with E-state index in [2.05, 4.69) is 5.43 Å². The Morgan fingerprint density at radius 2 is 1.77 bits per heavy atom. The van der Waals surface area contributed by atoms with E-state index in [9.17, 15) is 22.4 Å². The summed E-state index contributed by atoms with van der Waals surface area (Å²) in [6.45, 7) is -0.0469. The Kier molecular flexibility index (Phi) is 3.52. The van der Waals surface area contributed by atoms with E-state index in [-0.39, 0.29) is 29.3 Å². The molecule has 3 nitrogen and oxygen atoms in total. The third kappa shape index (κ3) is 2.52. The molecule has 0 aliphatic carbocycles. The van der Waals surface area contributed by atoms with E-state index in [4.69, 9.17) is 0 Å². The second-order valence-corrected chi connectivity index (χ2v) is 5.10. The molecule has 1 fully saturated rings. The molecule has 2 aromatic carbocycles. The maximum atomic E-state index is 13.8. The molecule has 0 bridgehead atoms. The van der Waals surface area contributed by atoms with Crippen LogP contribution in [0.3, 0.4) is 0 Å². The number of fused-ring (bicyclic) bond motifs is 1. The molecule has 1 aliphatic rings. The van der Waals surface area contributed by atoms with Crippen LogP contribution >= 0.6 is 0 Å². The molecule has 2 aromatic rings. The first-order valence-corrected chi connectivity index (χ1v) is 6.68. The summed E-state index contributed by atoms with van der Waals surface area (Å²) in [4.78, 5) is 11.3. The molecule has 22 heavy (non-hydrogen) atoms. The van der Waals surface area contributed by atoms with Gasteiger partial charge in [0.2, 0.25) is 5.91 Å². The molecule has 1 unspecified atom stereocenters. The fourth-order valence-corrected chi connectivity index (χ4v) is 2.74. The van der Waals surface area contributed by atoms with E-state index < -0.39 is 23.9 Å². The number of hydrogen-bond acceptors (Lipinski definition) is 2. The average Bonchev–Trinajstić information content (AvgIpc) is 2.85. The predicted molar refractivity (Wildman–Crippen MR) is 72.2 cm³/mol. The van der Waals surface area contributed by atoms with Crippen molar-refractivity contribution in [2.75, 3.05) is 6.54 Å². The van der Waals surface area contributed by atoms with E-state index in [0.717, 1.165) is 5.01 Å². The van der Waals surface area contributed by atoms with Crippen molar-refractivity contribution in [3.05, 3.63) is 47.8 Å². The fourth-order valence-electron chi connectivity index (χ4n) is 2.74. The van der Waals surface area contributed by atoms with E-state index in [0.29, 0.717) is 0 Å². The highest BCUT2D eigenvalue weighted by molar-refractivity contribution is 5.87. The molecule has 0 spiro atoms. The Hall–Kier alpha value is -2.15. The molecule has 1 atom stereocenters. The largest absolute Gasteiger partial charge is 0.409 e. The SMILES string of the molecule is O=C1CCN(C(c2cccc3c(F)cccc23)C(F)(F)F)N1.